The summed E-state index contributed by atoms with van der Waals surface area (Å²) in [7, 11) is 0. The Bertz CT molecular complexity index is 323. The Hall–Kier alpha value is 0.0500. The molecule has 0 radical (unpaired) electrons. The van der Waals surface area contributed by atoms with Crippen molar-refractivity contribution >= 4 is 27.7 Å². The molecule has 0 spiro atoms. The molecule has 1 rings (SSSR count). The van der Waals surface area contributed by atoms with Crippen molar-refractivity contribution in [2.45, 2.75) is 38.5 Å². The van der Waals surface area contributed by atoms with Crippen LogP contribution in [0.15, 0.2) is 23.1 Å². The molecule has 0 fully saturated rings. The zero-order chi connectivity index (χ0) is 12.0. The Balaban J connectivity index is 2.34. The molecule has 0 N–H and O–H groups in total. The monoisotopic (exact) mass is 300 g/mol. The van der Waals surface area contributed by atoms with Crippen LogP contribution in [0.5, 0.6) is 0 Å². The Labute approximate surface area is 112 Å². The van der Waals surface area contributed by atoms with E-state index in [9.17, 15) is 0 Å². The van der Waals surface area contributed by atoms with E-state index in [0.29, 0.717) is 0 Å². The van der Waals surface area contributed by atoms with Crippen LogP contribution in [0.1, 0.15) is 30.9 Å². The molecule has 0 aliphatic rings. The maximum Gasteiger partial charge on any atom is 0.00747 e. The van der Waals surface area contributed by atoms with Gasteiger partial charge in [0.25, 0.3) is 0 Å². The highest BCUT2D eigenvalue weighted by molar-refractivity contribution is 9.09. The van der Waals surface area contributed by atoms with Crippen molar-refractivity contribution in [2.75, 3.05) is 11.1 Å². The molecule has 16 heavy (non-hydrogen) atoms. The lowest BCUT2D eigenvalue weighted by atomic mass is 10.1. The number of benzene rings is 1. The average Bonchev–Trinajstić information content (AvgIpc) is 2.24. The van der Waals surface area contributed by atoms with Gasteiger partial charge in [-0.05, 0) is 61.6 Å². The lowest BCUT2D eigenvalue weighted by Crippen LogP contribution is -1.97. The number of hydrogen-bond acceptors (Lipinski definition) is 1. The lowest BCUT2D eigenvalue weighted by molar-refractivity contribution is 0.555. The van der Waals surface area contributed by atoms with Crippen molar-refractivity contribution in [1.29, 1.82) is 0 Å². The number of alkyl halides is 1. The average molecular weight is 301 g/mol. The van der Waals surface area contributed by atoms with E-state index in [0.717, 1.165) is 11.2 Å². The van der Waals surface area contributed by atoms with Crippen molar-refractivity contribution in [2.24, 2.45) is 5.92 Å². The minimum atomic E-state index is 0.832. The molecule has 2 heteroatoms. The molecule has 1 aromatic rings. The molecular weight excluding hydrogens is 280 g/mol. The second-order valence-corrected chi connectivity index (χ2v) is 6.43. The summed E-state index contributed by atoms with van der Waals surface area (Å²) in [5.41, 5.74) is 2.79. The molecule has 1 aromatic carbocycles. The maximum absolute atomic E-state index is 3.50. The van der Waals surface area contributed by atoms with Gasteiger partial charge >= 0.3 is 0 Å². The number of thioether (sulfide) groups is 1. The van der Waals surface area contributed by atoms with Crippen LogP contribution in [0.4, 0.5) is 0 Å². The van der Waals surface area contributed by atoms with E-state index in [-0.39, 0.29) is 0 Å². The predicted octanol–water partition coefficient (Wildman–Crippen LogP) is 5.21. The zero-order valence-corrected chi connectivity index (χ0v) is 12.8. The maximum atomic E-state index is 3.50. The summed E-state index contributed by atoms with van der Waals surface area (Å²) >= 11 is 5.48. The van der Waals surface area contributed by atoms with Crippen LogP contribution in [0.2, 0.25) is 0 Å². The third-order valence-electron chi connectivity index (χ3n) is 2.96. The van der Waals surface area contributed by atoms with Crippen molar-refractivity contribution in [3.05, 3.63) is 29.3 Å². The number of halogens is 1. The van der Waals surface area contributed by atoms with Crippen molar-refractivity contribution in [3.8, 4) is 0 Å². The SMILES string of the molecule is Cc1ccc(SCCC(C)CCBr)cc1C. The van der Waals surface area contributed by atoms with Gasteiger partial charge in [-0.2, -0.15) is 0 Å². The summed E-state index contributed by atoms with van der Waals surface area (Å²) in [6.45, 7) is 6.69. The summed E-state index contributed by atoms with van der Waals surface area (Å²) in [4.78, 5) is 1.41. The first-order chi connectivity index (χ1) is 7.63. The summed E-state index contributed by atoms with van der Waals surface area (Å²) < 4.78 is 0. The molecule has 90 valence electrons. The predicted molar refractivity (Wildman–Crippen MR) is 78.8 cm³/mol. The number of aryl methyl sites for hydroxylation is 2. The van der Waals surface area contributed by atoms with Crippen molar-refractivity contribution in [3.63, 3.8) is 0 Å². The van der Waals surface area contributed by atoms with Crippen LogP contribution in [0.3, 0.4) is 0 Å². The first-order valence-electron chi connectivity index (χ1n) is 5.89. The van der Waals surface area contributed by atoms with Gasteiger partial charge in [0, 0.05) is 10.2 Å². The van der Waals surface area contributed by atoms with Crippen LogP contribution in [-0.2, 0) is 0 Å². The topological polar surface area (TPSA) is 0 Å². The van der Waals surface area contributed by atoms with Crippen molar-refractivity contribution < 1.29 is 0 Å². The molecule has 0 heterocycles. The molecule has 0 bridgehead atoms. The minimum absolute atomic E-state index is 0.832. The van der Waals surface area contributed by atoms with Crippen LogP contribution in [0, 0.1) is 19.8 Å². The second kappa shape index (κ2) is 7.39. The first-order valence-corrected chi connectivity index (χ1v) is 8.00. The van der Waals surface area contributed by atoms with Gasteiger partial charge in [-0.15, -0.1) is 11.8 Å². The largest absolute Gasteiger partial charge is 0.126 e. The molecule has 0 amide bonds. The Morgan fingerprint density at radius 1 is 1.19 bits per heavy atom. The first kappa shape index (κ1) is 14.1. The van der Waals surface area contributed by atoms with Crippen molar-refractivity contribution in [1.82, 2.24) is 0 Å². The molecule has 1 atom stereocenters. The van der Waals surface area contributed by atoms with Gasteiger partial charge in [0.2, 0.25) is 0 Å². The van der Waals surface area contributed by atoms with E-state index in [2.05, 4.69) is 54.9 Å². The molecule has 0 nitrogen and oxygen atoms in total. The lowest BCUT2D eigenvalue weighted by Gasteiger charge is -2.09. The zero-order valence-electron chi connectivity index (χ0n) is 10.4. The van der Waals surface area contributed by atoms with Gasteiger partial charge in [0.05, 0.1) is 0 Å². The number of hydrogen-bond donors (Lipinski definition) is 0. The highest BCUT2D eigenvalue weighted by Gasteiger charge is 2.02. The standard InChI is InChI=1S/C14H21BrS/c1-11(6-8-15)7-9-16-14-5-4-12(2)13(3)10-14/h4-5,10-11H,6-9H2,1-3H3. The third kappa shape index (κ3) is 4.92. The fourth-order valence-electron chi connectivity index (χ4n) is 1.51. The van der Waals surface area contributed by atoms with E-state index in [1.165, 1.54) is 34.6 Å². The Morgan fingerprint density at radius 2 is 1.94 bits per heavy atom. The molecule has 1 unspecified atom stereocenters. The van der Waals surface area contributed by atoms with E-state index in [1.54, 1.807) is 0 Å². The highest BCUT2D eigenvalue weighted by Crippen LogP contribution is 2.23. The summed E-state index contributed by atoms with van der Waals surface area (Å²) in [5.74, 6) is 2.06. The van der Waals surface area contributed by atoms with Crippen LogP contribution >= 0.6 is 27.7 Å². The Kier molecular flexibility index (Phi) is 6.52. The quantitative estimate of drug-likeness (QED) is 0.513. The molecular formula is C14H21BrS. The molecule has 0 aliphatic carbocycles. The molecule has 0 saturated carbocycles. The molecule has 0 aromatic heterocycles. The fraction of sp³-hybridized carbons (Fsp3) is 0.571. The molecule has 0 aliphatic heterocycles. The highest BCUT2D eigenvalue weighted by atomic mass is 79.9. The van der Waals surface area contributed by atoms with Crippen LogP contribution in [-0.4, -0.2) is 11.1 Å². The van der Waals surface area contributed by atoms with E-state index in [4.69, 9.17) is 0 Å². The van der Waals surface area contributed by atoms with Crippen LogP contribution < -0.4 is 0 Å². The second-order valence-electron chi connectivity index (χ2n) is 4.47. The number of rotatable bonds is 6. The molecule has 0 saturated heterocycles. The Morgan fingerprint density at radius 3 is 2.56 bits per heavy atom. The van der Waals surface area contributed by atoms with Gasteiger partial charge in [-0.3, -0.25) is 0 Å². The minimum Gasteiger partial charge on any atom is -0.126 e. The smallest absolute Gasteiger partial charge is 0.00747 e. The van der Waals surface area contributed by atoms with E-state index < -0.39 is 0 Å². The van der Waals surface area contributed by atoms with Crippen LogP contribution in [0.25, 0.3) is 0 Å². The van der Waals surface area contributed by atoms with E-state index >= 15 is 0 Å². The third-order valence-corrected chi connectivity index (χ3v) is 4.44. The normalized spacial score (nSPS) is 12.8. The van der Waals surface area contributed by atoms with Gasteiger partial charge < -0.3 is 0 Å². The fourth-order valence-corrected chi connectivity index (χ4v) is 3.47. The van der Waals surface area contributed by atoms with Gasteiger partial charge in [0.15, 0.2) is 0 Å². The van der Waals surface area contributed by atoms with Gasteiger partial charge in [-0.25, -0.2) is 0 Å². The summed E-state index contributed by atoms with van der Waals surface area (Å²) in [6.07, 6.45) is 2.59. The van der Waals surface area contributed by atoms with Gasteiger partial charge in [0.1, 0.15) is 0 Å². The summed E-state index contributed by atoms with van der Waals surface area (Å²) in [5, 5.41) is 1.13. The van der Waals surface area contributed by atoms with Gasteiger partial charge in [-0.1, -0.05) is 28.9 Å². The summed E-state index contributed by atoms with van der Waals surface area (Å²) in [6, 6.07) is 6.76. The van der Waals surface area contributed by atoms with E-state index in [1.807, 2.05) is 11.8 Å².